The largest absolute Gasteiger partial charge is 0.497 e. The number of rotatable bonds is 5. The molecule has 4 aromatic rings. The number of amides is 1. The van der Waals surface area contributed by atoms with Gasteiger partial charge in [0.05, 0.1) is 30.4 Å². The van der Waals surface area contributed by atoms with Crippen molar-refractivity contribution in [3.8, 4) is 11.4 Å². The molecule has 0 unspecified atom stereocenters. The van der Waals surface area contributed by atoms with Gasteiger partial charge in [-0.05, 0) is 36.4 Å². The van der Waals surface area contributed by atoms with Crippen molar-refractivity contribution in [1.29, 1.82) is 0 Å². The van der Waals surface area contributed by atoms with Crippen molar-refractivity contribution in [3.63, 3.8) is 0 Å². The van der Waals surface area contributed by atoms with Gasteiger partial charge in [0.1, 0.15) is 11.6 Å². The van der Waals surface area contributed by atoms with Crippen molar-refractivity contribution in [2.75, 3.05) is 7.11 Å². The van der Waals surface area contributed by atoms with Gasteiger partial charge in [-0.2, -0.15) is 5.10 Å². The first kappa shape index (κ1) is 15.9. The number of carbonyl (C=O) groups excluding carboxylic acids is 1. The summed E-state index contributed by atoms with van der Waals surface area (Å²) in [5.41, 5.74) is 3.10. The Hall–Kier alpha value is -3.61. The zero-order chi connectivity index (χ0) is 17.9. The SMILES string of the molecule is COc1ccc2nc(CNC(=O)c3cccc(-n4cccn4)c3)[nH]c2c1. The number of ether oxygens (including phenoxy) is 1. The molecule has 0 radical (unpaired) electrons. The van der Waals surface area contributed by atoms with Crippen molar-refractivity contribution in [3.05, 3.63) is 72.3 Å². The van der Waals surface area contributed by atoms with Gasteiger partial charge >= 0.3 is 0 Å². The molecule has 0 fully saturated rings. The first-order chi connectivity index (χ1) is 12.7. The van der Waals surface area contributed by atoms with Crippen LogP contribution in [-0.4, -0.2) is 32.8 Å². The van der Waals surface area contributed by atoms with E-state index in [2.05, 4.69) is 20.4 Å². The van der Waals surface area contributed by atoms with E-state index < -0.39 is 0 Å². The topological polar surface area (TPSA) is 84.8 Å². The summed E-state index contributed by atoms with van der Waals surface area (Å²) < 4.78 is 6.92. The second-order valence-corrected chi connectivity index (χ2v) is 5.75. The molecule has 0 spiro atoms. The van der Waals surface area contributed by atoms with Crippen molar-refractivity contribution in [2.24, 2.45) is 0 Å². The standard InChI is InChI=1S/C19H17N5O2/c1-26-15-6-7-16-17(11-15)23-18(22-16)12-20-19(25)13-4-2-5-14(10-13)24-9-3-8-21-24/h2-11H,12H2,1H3,(H,20,25)(H,22,23). The zero-order valence-electron chi connectivity index (χ0n) is 14.1. The third kappa shape index (κ3) is 3.14. The van der Waals surface area contributed by atoms with E-state index in [1.807, 2.05) is 42.6 Å². The number of carbonyl (C=O) groups is 1. The maximum atomic E-state index is 12.5. The van der Waals surface area contributed by atoms with E-state index in [0.717, 1.165) is 22.5 Å². The Balaban J connectivity index is 1.48. The first-order valence-electron chi connectivity index (χ1n) is 8.14. The van der Waals surface area contributed by atoms with Gasteiger partial charge in [-0.1, -0.05) is 6.07 Å². The fourth-order valence-electron chi connectivity index (χ4n) is 2.73. The number of methoxy groups -OCH3 is 1. The smallest absolute Gasteiger partial charge is 0.251 e. The van der Waals surface area contributed by atoms with Crippen LogP contribution >= 0.6 is 0 Å². The van der Waals surface area contributed by atoms with Crippen LogP contribution in [0.2, 0.25) is 0 Å². The number of aromatic amines is 1. The van der Waals surface area contributed by atoms with Crippen LogP contribution in [0, 0.1) is 0 Å². The predicted molar refractivity (Wildman–Crippen MR) is 97.4 cm³/mol. The van der Waals surface area contributed by atoms with E-state index in [-0.39, 0.29) is 5.91 Å². The van der Waals surface area contributed by atoms with Crippen molar-refractivity contribution < 1.29 is 9.53 Å². The van der Waals surface area contributed by atoms with Gasteiger partial charge in [-0.3, -0.25) is 4.79 Å². The summed E-state index contributed by atoms with van der Waals surface area (Å²) in [5, 5.41) is 7.06. The Morgan fingerprint density at radius 2 is 2.15 bits per heavy atom. The molecule has 130 valence electrons. The lowest BCUT2D eigenvalue weighted by Gasteiger charge is -2.06. The summed E-state index contributed by atoms with van der Waals surface area (Å²) in [4.78, 5) is 20.1. The summed E-state index contributed by atoms with van der Waals surface area (Å²) in [6.07, 6.45) is 3.53. The van der Waals surface area contributed by atoms with Crippen molar-refractivity contribution in [2.45, 2.75) is 6.54 Å². The molecule has 1 amide bonds. The molecule has 0 aliphatic heterocycles. The molecule has 0 saturated heterocycles. The monoisotopic (exact) mass is 347 g/mol. The van der Waals surface area contributed by atoms with E-state index in [9.17, 15) is 4.79 Å². The number of hydrogen-bond donors (Lipinski definition) is 2. The summed E-state index contributed by atoms with van der Waals surface area (Å²) >= 11 is 0. The van der Waals surface area contributed by atoms with Crippen LogP contribution in [-0.2, 0) is 6.54 Å². The maximum Gasteiger partial charge on any atom is 0.251 e. The average Bonchev–Trinajstić information content (AvgIpc) is 3.35. The minimum atomic E-state index is -0.169. The molecular weight excluding hydrogens is 330 g/mol. The van der Waals surface area contributed by atoms with Gasteiger partial charge in [0.15, 0.2) is 0 Å². The number of hydrogen-bond acceptors (Lipinski definition) is 4. The molecule has 2 N–H and O–H groups in total. The fourth-order valence-corrected chi connectivity index (χ4v) is 2.73. The molecule has 0 aliphatic rings. The summed E-state index contributed by atoms with van der Waals surface area (Å²) in [6.45, 7) is 0.307. The number of benzene rings is 2. The van der Waals surface area contributed by atoms with E-state index in [1.54, 1.807) is 30.1 Å². The van der Waals surface area contributed by atoms with Crippen LogP contribution in [0.3, 0.4) is 0 Å². The molecule has 0 atom stereocenters. The Kier molecular flexibility index (Phi) is 4.10. The van der Waals surface area contributed by atoms with Gasteiger partial charge in [-0.25, -0.2) is 9.67 Å². The molecule has 7 heteroatoms. The zero-order valence-corrected chi connectivity index (χ0v) is 14.1. The minimum Gasteiger partial charge on any atom is -0.497 e. The fraction of sp³-hybridized carbons (Fsp3) is 0.105. The molecule has 0 saturated carbocycles. The van der Waals surface area contributed by atoms with Crippen LogP contribution in [0.25, 0.3) is 16.7 Å². The summed E-state index contributed by atoms with van der Waals surface area (Å²) in [5.74, 6) is 1.27. The Labute approximate surface area is 149 Å². The molecule has 7 nitrogen and oxygen atoms in total. The molecule has 2 aromatic heterocycles. The molecule has 2 aromatic carbocycles. The maximum absolute atomic E-state index is 12.5. The highest BCUT2D eigenvalue weighted by Gasteiger charge is 2.09. The van der Waals surface area contributed by atoms with Crippen LogP contribution in [0.15, 0.2) is 60.9 Å². The van der Waals surface area contributed by atoms with E-state index >= 15 is 0 Å². The number of imidazole rings is 1. The Morgan fingerprint density at radius 3 is 2.96 bits per heavy atom. The number of fused-ring (bicyclic) bond motifs is 1. The molecule has 0 bridgehead atoms. The Bertz CT molecular complexity index is 1050. The molecular formula is C19H17N5O2. The molecule has 26 heavy (non-hydrogen) atoms. The summed E-state index contributed by atoms with van der Waals surface area (Å²) in [7, 11) is 1.62. The predicted octanol–water partition coefficient (Wildman–Crippen LogP) is 2.69. The summed E-state index contributed by atoms with van der Waals surface area (Å²) in [6, 6.07) is 14.7. The molecule has 4 rings (SSSR count). The lowest BCUT2D eigenvalue weighted by molar-refractivity contribution is 0.0950. The van der Waals surface area contributed by atoms with Crippen molar-refractivity contribution in [1.82, 2.24) is 25.1 Å². The number of aromatic nitrogens is 4. The second-order valence-electron chi connectivity index (χ2n) is 5.75. The van der Waals surface area contributed by atoms with Gasteiger partial charge in [0.2, 0.25) is 0 Å². The highest BCUT2D eigenvalue weighted by Crippen LogP contribution is 2.18. The normalized spacial score (nSPS) is 10.8. The van der Waals surface area contributed by atoms with E-state index in [4.69, 9.17) is 4.74 Å². The number of nitrogens with zero attached hydrogens (tertiary/aromatic N) is 3. The second kappa shape index (κ2) is 6.72. The molecule has 0 aliphatic carbocycles. The van der Waals surface area contributed by atoms with E-state index in [1.165, 1.54) is 0 Å². The van der Waals surface area contributed by atoms with Gasteiger partial charge in [0.25, 0.3) is 5.91 Å². The highest BCUT2D eigenvalue weighted by molar-refractivity contribution is 5.94. The third-order valence-electron chi connectivity index (χ3n) is 4.03. The Morgan fingerprint density at radius 1 is 1.23 bits per heavy atom. The molecule has 2 heterocycles. The number of nitrogens with one attached hydrogen (secondary N) is 2. The quantitative estimate of drug-likeness (QED) is 0.581. The van der Waals surface area contributed by atoms with Crippen LogP contribution in [0.5, 0.6) is 5.75 Å². The first-order valence-corrected chi connectivity index (χ1v) is 8.14. The lowest BCUT2D eigenvalue weighted by atomic mass is 10.2. The highest BCUT2D eigenvalue weighted by atomic mass is 16.5. The van der Waals surface area contributed by atoms with Crippen LogP contribution < -0.4 is 10.1 Å². The van der Waals surface area contributed by atoms with Gasteiger partial charge in [0, 0.05) is 24.0 Å². The lowest BCUT2D eigenvalue weighted by Crippen LogP contribution is -2.23. The van der Waals surface area contributed by atoms with Crippen molar-refractivity contribution >= 4 is 16.9 Å². The van der Waals surface area contributed by atoms with E-state index in [0.29, 0.717) is 17.9 Å². The third-order valence-corrected chi connectivity index (χ3v) is 4.03. The van der Waals surface area contributed by atoms with Gasteiger partial charge < -0.3 is 15.0 Å². The van der Waals surface area contributed by atoms with Gasteiger partial charge in [-0.15, -0.1) is 0 Å². The number of H-pyrrole nitrogens is 1. The van der Waals surface area contributed by atoms with Crippen LogP contribution in [0.4, 0.5) is 0 Å². The average molecular weight is 347 g/mol. The van der Waals surface area contributed by atoms with Crippen LogP contribution in [0.1, 0.15) is 16.2 Å². The minimum absolute atomic E-state index is 0.169.